The molecule has 0 aromatic heterocycles. The molecule has 4 nitrogen and oxygen atoms in total. The van der Waals surface area contributed by atoms with E-state index >= 15 is 0 Å². The molecule has 0 atom stereocenters. The number of hydrogen-bond acceptors (Lipinski definition) is 3. The van der Waals surface area contributed by atoms with Gasteiger partial charge < -0.3 is 14.6 Å². The van der Waals surface area contributed by atoms with Crippen molar-refractivity contribution in [3.63, 3.8) is 0 Å². The molecule has 1 aromatic rings. The molecule has 1 heterocycles. The monoisotopic (exact) mass is 326 g/mol. The summed E-state index contributed by atoms with van der Waals surface area (Å²) in [6.07, 6.45) is 2.11. The van der Waals surface area contributed by atoms with E-state index in [1.807, 2.05) is 13.0 Å². The molecule has 102 valence electrons. The molecule has 1 aromatic carbocycles. The summed E-state index contributed by atoms with van der Waals surface area (Å²) in [7, 11) is 0. The SMILES string of the molecule is CCc1c2c(cc(Br)c1C1(C(=O)O)CC1)OCCO2. The van der Waals surface area contributed by atoms with Crippen molar-refractivity contribution in [3.8, 4) is 11.5 Å². The van der Waals surface area contributed by atoms with Gasteiger partial charge in [-0.15, -0.1) is 0 Å². The summed E-state index contributed by atoms with van der Waals surface area (Å²) in [6.45, 7) is 3.06. The van der Waals surface area contributed by atoms with Crippen molar-refractivity contribution in [2.75, 3.05) is 13.2 Å². The lowest BCUT2D eigenvalue weighted by Gasteiger charge is -2.26. The maximum atomic E-state index is 11.6. The van der Waals surface area contributed by atoms with Gasteiger partial charge in [0, 0.05) is 10.0 Å². The number of carboxylic acids is 1. The van der Waals surface area contributed by atoms with Crippen LogP contribution in [0.2, 0.25) is 0 Å². The third-order valence-corrected chi connectivity index (χ3v) is 4.50. The zero-order valence-corrected chi connectivity index (χ0v) is 12.2. The van der Waals surface area contributed by atoms with Gasteiger partial charge in [-0.2, -0.15) is 0 Å². The number of fused-ring (bicyclic) bond motifs is 1. The van der Waals surface area contributed by atoms with Crippen molar-refractivity contribution in [2.45, 2.75) is 31.6 Å². The van der Waals surface area contributed by atoms with Crippen LogP contribution in [0, 0.1) is 0 Å². The smallest absolute Gasteiger partial charge is 0.314 e. The topological polar surface area (TPSA) is 55.8 Å². The van der Waals surface area contributed by atoms with E-state index in [2.05, 4.69) is 15.9 Å². The second-order valence-corrected chi connectivity index (χ2v) is 5.83. The number of ether oxygens (including phenoxy) is 2. The maximum Gasteiger partial charge on any atom is 0.314 e. The second kappa shape index (κ2) is 4.40. The number of aliphatic carboxylic acids is 1. The predicted octanol–water partition coefficient (Wildman–Crippen LogP) is 2.90. The van der Waals surface area contributed by atoms with Crippen LogP contribution in [0.25, 0.3) is 0 Å². The van der Waals surface area contributed by atoms with Gasteiger partial charge in [0.2, 0.25) is 0 Å². The van der Waals surface area contributed by atoms with E-state index in [9.17, 15) is 9.90 Å². The fourth-order valence-corrected chi connectivity index (χ4v) is 3.60. The predicted molar refractivity (Wildman–Crippen MR) is 73.1 cm³/mol. The van der Waals surface area contributed by atoms with E-state index < -0.39 is 11.4 Å². The maximum absolute atomic E-state index is 11.6. The molecule has 5 heteroatoms. The zero-order chi connectivity index (χ0) is 13.6. The van der Waals surface area contributed by atoms with Crippen LogP contribution in [0.4, 0.5) is 0 Å². The highest BCUT2D eigenvalue weighted by Gasteiger charge is 2.54. The molecule has 1 aliphatic carbocycles. The number of hydrogen-bond donors (Lipinski definition) is 1. The van der Waals surface area contributed by atoms with Crippen molar-refractivity contribution < 1.29 is 19.4 Å². The molecular weight excluding hydrogens is 312 g/mol. The Kier molecular flexibility index (Phi) is 2.96. The molecular formula is C14H15BrO4. The van der Waals surface area contributed by atoms with E-state index in [0.717, 1.165) is 27.8 Å². The molecule has 0 amide bonds. The molecule has 0 saturated heterocycles. The Morgan fingerprint density at radius 3 is 2.68 bits per heavy atom. The summed E-state index contributed by atoms with van der Waals surface area (Å²) < 4.78 is 12.1. The fourth-order valence-electron chi connectivity index (χ4n) is 2.77. The van der Waals surface area contributed by atoms with E-state index in [0.29, 0.717) is 31.8 Å². The molecule has 0 radical (unpaired) electrons. The molecule has 0 spiro atoms. The molecule has 0 bridgehead atoms. The lowest BCUT2D eigenvalue weighted by Crippen LogP contribution is -2.24. The molecule has 3 rings (SSSR count). The van der Waals surface area contributed by atoms with Crippen LogP contribution in [0.15, 0.2) is 10.5 Å². The summed E-state index contributed by atoms with van der Waals surface area (Å²) in [5.74, 6) is 0.680. The van der Waals surface area contributed by atoms with Crippen molar-refractivity contribution in [1.82, 2.24) is 0 Å². The molecule has 1 aliphatic heterocycles. The van der Waals surface area contributed by atoms with Crippen LogP contribution in [0.1, 0.15) is 30.9 Å². The van der Waals surface area contributed by atoms with Gasteiger partial charge in [-0.1, -0.05) is 22.9 Å². The average molecular weight is 327 g/mol. The zero-order valence-electron chi connectivity index (χ0n) is 10.7. The highest BCUT2D eigenvalue weighted by atomic mass is 79.9. The van der Waals surface area contributed by atoms with Gasteiger partial charge in [0.1, 0.15) is 13.2 Å². The molecule has 1 N–H and O–H groups in total. The van der Waals surface area contributed by atoms with Crippen LogP contribution >= 0.6 is 15.9 Å². The van der Waals surface area contributed by atoms with E-state index in [1.54, 1.807) is 0 Å². The van der Waals surface area contributed by atoms with Crippen LogP contribution in [-0.2, 0) is 16.6 Å². The Morgan fingerprint density at radius 1 is 1.42 bits per heavy atom. The Hall–Kier alpha value is -1.23. The van der Waals surface area contributed by atoms with Gasteiger partial charge in [0.25, 0.3) is 0 Å². The van der Waals surface area contributed by atoms with Gasteiger partial charge >= 0.3 is 5.97 Å². The number of benzene rings is 1. The lowest BCUT2D eigenvalue weighted by atomic mass is 9.89. The van der Waals surface area contributed by atoms with Gasteiger partial charge in [-0.3, -0.25) is 4.79 Å². The van der Waals surface area contributed by atoms with E-state index in [1.165, 1.54) is 0 Å². The van der Waals surface area contributed by atoms with Crippen LogP contribution in [0.3, 0.4) is 0 Å². The summed E-state index contributed by atoms with van der Waals surface area (Å²) in [5.41, 5.74) is 1.09. The summed E-state index contributed by atoms with van der Waals surface area (Å²) >= 11 is 3.51. The first-order valence-electron chi connectivity index (χ1n) is 6.45. The van der Waals surface area contributed by atoms with Crippen LogP contribution in [-0.4, -0.2) is 24.3 Å². The summed E-state index contributed by atoms with van der Waals surface area (Å²) in [4.78, 5) is 11.6. The van der Waals surface area contributed by atoms with E-state index in [4.69, 9.17) is 9.47 Å². The summed E-state index contributed by atoms with van der Waals surface area (Å²) in [5, 5.41) is 9.51. The van der Waals surface area contributed by atoms with Crippen LogP contribution < -0.4 is 9.47 Å². The third-order valence-electron chi connectivity index (χ3n) is 3.88. The highest BCUT2D eigenvalue weighted by Crippen LogP contribution is 2.55. The molecule has 2 aliphatic rings. The number of rotatable bonds is 3. The van der Waals surface area contributed by atoms with Crippen molar-refractivity contribution in [1.29, 1.82) is 0 Å². The number of carbonyl (C=O) groups is 1. The first-order valence-corrected chi connectivity index (χ1v) is 7.24. The van der Waals surface area contributed by atoms with Gasteiger partial charge in [-0.05, 0) is 30.9 Å². The Bertz CT molecular complexity index is 549. The Balaban J connectivity index is 2.22. The Morgan fingerprint density at radius 2 is 2.11 bits per heavy atom. The lowest BCUT2D eigenvalue weighted by molar-refractivity contribution is -0.140. The van der Waals surface area contributed by atoms with E-state index in [-0.39, 0.29) is 0 Å². The van der Waals surface area contributed by atoms with Crippen molar-refractivity contribution in [2.24, 2.45) is 0 Å². The number of carboxylic acid groups (broad SMARTS) is 1. The molecule has 0 unspecified atom stereocenters. The quantitative estimate of drug-likeness (QED) is 0.927. The number of halogens is 1. The normalized spacial score (nSPS) is 19.1. The molecule has 19 heavy (non-hydrogen) atoms. The fraction of sp³-hybridized carbons (Fsp3) is 0.500. The molecule has 1 saturated carbocycles. The van der Waals surface area contributed by atoms with Gasteiger partial charge in [0.15, 0.2) is 11.5 Å². The minimum absolute atomic E-state index is 0.515. The minimum atomic E-state index is -0.750. The third kappa shape index (κ3) is 1.83. The minimum Gasteiger partial charge on any atom is -0.486 e. The van der Waals surface area contributed by atoms with Crippen molar-refractivity contribution >= 4 is 21.9 Å². The first kappa shape index (κ1) is 12.8. The first-order chi connectivity index (χ1) is 9.10. The second-order valence-electron chi connectivity index (χ2n) is 4.98. The highest BCUT2D eigenvalue weighted by molar-refractivity contribution is 9.10. The average Bonchev–Trinajstić information content (AvgIpc) is 3.18. The largest absolute Gasteiger partial charge is 0.486 e. The van der Waals surface area contributed by atoms with Gasteiger partial charge in [0.05, 0.1) is 5.41 Å². The molecule has 1 fully saturated rings. The summed E-state index contributed by atoms with van der Waals surface area (Å²) in [6, 6.07) is 1.84. The van der Waals surface area contributed by atoms with Crippen LogP contribution in [0.5, 0.6) is 11.5 Å². The van der Waals surface area contributed by atoms with Crippen molar-refractivity contribution in [3.05, 3.63) is 21.7 Å². The standard InChI is InChI=1S/C14H15BrO4/c1-2-8-11(14(3-4-14)13(16)17)9(15)7-10-12(8)19-6-5-18-10/h7H,2-6H2,1H3,(H,16,17). The Labute approximate surface area is 119 Å². The van der Waals surface area contributed by atoms with Gasteiger partial charge in [-0.25, -0.2) is 0 Å².